The van der Waals surface area contributed by atoms with Gasteiger partial charge in [0.15, 0.2) is 11.3 Å². The Hall–Kier alpha value is -1.52. The van der Waals surface area contributed by atoms with Crippen LogP contribution in [0.15, 0.2) is 28.7 Å². The monoisotopic (exact) mass is 207 g/mol. The third-order valence-electron chi connectivity index (χ3n) is 2.30. The molecule has 0 radical (unpaired) electrons. The molecular formula is C11H13NO3. The van der Waals surface area contributed by atoms with E-state index in [1.165, 1.54) is 0 Å². The Balaban J connectivity index is 2.55. The van der Waals surface area contributed by atoms with E-state index >= 15 is 0 Å². The molecule has 0 saturated carbocycles. The lowest BCUT2D eigenvalue weighted by molar-refractivity contribution is 0.160. The van der Waals surface area contributed by atoms with E-state index in [2.05, 4.69) is 0 Å². The lowest BCUT2D eigenvalue weighted by Crippen LogP contribution is -2.10. The predicted molar refractivity (Wildman–Crippen MR) is 56.8 cm³/mol. The normalized spacial score (nSPS) is 13.0. The molecule has 4 nitrogen and oxygen atoms in total. The average Bonchev–Trinajstić information content (AvgIpc) is 2.71. The van der Waals surface area contributed by atoms with Gasteiger partial charge in [0.1, 0.15) is 11.9 Å². The molecule has 1 heterocycles. The second-order valence-corrected chi connectivity index (χ2v) is 3.28. The van der Waals surface area contributed by atoms with Crippen LogP contribution < -0.4 is 10.5 Å². The van der Waals surface area contributed by atoms with Crippen LogP contribution in [0, 0.1) is 0 Å². The molecular weight excluding hydrogens is 194 g/mol. The van der Waals surface area contributed by atoms with Crippen molar-refractivity contribution < 1.29 is 14.3 Å². The Bertz CT molecular complexity index is 464. The molecule has 4 heteroatoms. The summed E-state index contributed by atoms with van der Waals surface area (Å²) in [5.74, 6) is 1.12. The molecule has 0 aliphatic rings. The van der Waals surface area contributed by atoms with Gasteiger partial charge in [0.25, 0.3) is 0 Å². The molecule has 2 rings (SSSR count). The number of benzene rings is 1. The highest BCUT2D eigenvalue weighted by Crippen LogP contribution is 2.30. The summed E-state index contributed by atoms with van der Waals surface area (Å²) in [4.78, 5) is 0. The van der Waals surface area contributed by atoms with E-state index < -0.39 is 6.10 Å². The highest BCUT2D eigenvalue weighted by atomic mass is 16.5. The second kappa shape index (κ2) is 3.92. The van der Waals surface area contributed by atoms with Gasteiger partial charge in [-0.1, -0.05) is 12.1 Å². The van der Waals surface area contributed by atoms with Gasteiger partial charge in [-0.3, -0.25) is 0 Å². The highest BCUT2D eigenvalue weighted by Gasteiger charge is 2.13. The summed E-state index contributed by atoms with van der Waals surface area (Å²) in [5.41, 5.74) is 6.00. The van der Waals surface area contributed by atoms with Crippen molar-refractivity contribution in [2.75, 3.05) is 13.7 Å². The summed E-state index contributed by atoms with van der Waals surface area (Å²) in [6.45, 7) is 0.141. The van der Waals surface area contributed by atoms with Crippen molar-refractivity contribution in [3.63, 3.8) is 0 Å². The maximum absolute atomic E-state index is 9.53. The summed E-state index contributed by atoms with van der Waals surface area (Å²) in [5, 5.41) is 10.4. The number of hydrogen-bond donors (Lipinski definition) is 2. The van der Waals surface area contributed by atoms with Gasteiger partial charge in [0, 0.05) is 11.9 Å². The number of para-hydroxylation sites is 1. The Morgan fingerprint density at radius 1 is 1.53 bits per heavy atom. The molecule has 0 spiro atoms. The van der Waals surface area contributed by atoms with Crippen LogP contribution in [0.3, 0.4) is 0 Å². The molecule has 0 amide bonds. The van der Waals surface area contributed by atoms with Crippen molar-refractivity contribution in [1.82, 2.24) is 0 Å². The topological polar surface area (TPSA) is 68.6 Å². The van der Waals surface area contributed by atoms with Gasteiger partial charge in [-0.25, -0.2) is 0 Å². The number of rotatable bonds is 3. The number of aliphatic hydroxyl groups excluding tert-OH is 1. The minimum atomic E-state index is -0.762. The summed E-state index contributed by atoms with van der Waals surface area (Å²) in [6, 6.07) is 7.35. The number of hydrogen-bond acceptors (Lipinski definition) is 4. The fourth-order valence-corrected chi connectivity index (χ4v) is 1.50. The van der Waals surface area contributed by atoms with Crippen LogP contribution in [0.5, 0.6) is 5.75 Å². The third kappa shape index (κ3) is 1.69. The van der Waals surface area contributed by atoms with Crippen LogP contribution in [-0.2, 0) is 0 Å². The molecule has 15 heavy (non-hydrogen) atoms. The van der Waals surface area contributed by atoms with Gasteiger partial charge in [-0.05, 0) is 12.1 Å². The van der Waals surface area contributed by atoms with Crippen molar-refractivity contribution in [2.24, 2.45) is 5.73 Å². The summed E-state index contributed by atoms with van der Waals surface area (Å²) >= 11 is 0. The zero-order chi connectivity index (χ0) is 10.8. The number of furan rings is 1. The second-order valence-electron chi connectivity index (χ2n) is 3.28. The molecule has 0 aliphatic carbocycles. The lowest BCUT2D eigenvalue weighted by Gasteiger charge is -2.02. The largest absolute Gasteiger partial charge is 0.493 e. The van der Waals surface area contributed by atoms with Crippen LogP contribution in [0.25, 0.3) is 11.0 Å². The molecule has 0 bridgehead atoms. The molecule has 1 aromatic carbocycles. The predicted octanol–water partition coefficient (Wildman–Crippen LogP) is 1.43. The number of ether oxygens (including phenoxy) is 1. The minimum absolute atomic E-state index is 0.141. The van der Waals surface area contributed by atoms with E-state index in [-0.39, 0.29) is 6.54 Å². The number of fused-ring (bicyclic) bond motifs is 1. The van der Waals surface area contributed by atoms with Gasteiger partial charge >= 0.3 is 0 Å². The molecule has 2 aromatic rings. The van der Waals surface area contributed by atoms with Crippen molar-refractivity contribution in [2.45, 2.75) is 6.10 Å². The molecule has 3 N–H and O–H groups in total. The van der Waals surface area contributed by atoms with E-state index in [4.69, 9.17) is 14.9 Å². The molecule has 1 atom stereocenters. The molecule has 0 saturated heterocycles. The van der Waals surface area contributed by atoms with Crippen LogP contribution in [0.4, 0.5) is 0 Å². The van der Waals surface area contributed by atoms with E-state index in [1.54, 1.807) is 13.2 Å². The van der Waals surface area contributed by atoms with E-state index in [0.29, 0.717) is 17.1 Å². The number of aliphatic hydroxyl groups is 1. The van der Waals surface area contributed by atoms with Crippen LogP contribution >= 0.6 is 0 Å². The standard InChI is InChI=1S/C11H13NO3/c1-14-9-4-2-3-7-5-10(8(13)6-12)15-11(7)9/h2-5,8,13H,6,12H2,1H3. The molecule has 0 fully saturated rings. The SMILES string of the molecule is COc1cccc2cc(C(O)CN)oc12. The van der Waals surface area contributed by atoms with Crippen molar-refractivity contribution in [3.8, 4) is 5.75 Å². The quantitative estimate of drug-likeness (QED) is 0.798. The Morgan fingerprint density at radius 2 is 2.33 bits per heavy atom. The van der Waals surface area contributed by atoms with Gasteiger partial charge in [-0.15, -0.1) is 0 Å². The average molecular weight is 207 g/mol. The first-order valence-electron chi connectivity index (χ1n) is 4.71. The zero-order valence-electron chi connectivity index (χ0n) is 8.43. The van der Waals surface area contributed by atoms with Gasteiger partial charge in [-0.2, -0.15) is 0 Å². The molecule has 0 aliphatic heterocycles. The number of methoxy groups -OCH3 is 1. The maximum atomic E-state index is 9.53. The van der Waals surface area contributed by atoms with Crippen LogP contribution in [0.2, 0.25) is 0 Å². The van der Waals surface area contributed by atoms with E-state index in [9.17, 15) is 5.11 Å². The molecule has 80 valence electrons. The Labute approximate surface area is 87.2 Å². The lowest BCUT2D eigenvalue weighted by atomic mass is 10.2. The van der Waals surface area contributed by atoms with E-state index in [0.717, 1.165) is 5.39 Å². The summed E-state index contributed by atoms with van der Waals surface area (Å²) in [6.07, 6.45) is -0.762. The fraction of sp³-hybridized carbons (Fsp3) is 0.273. The summed E-state index contributed by atoms with van der Waals surface area (Å²) < 4.78 is 10.6. The Kier molecular flexibility index (Phi) is 2.62. The first kappa shape index (κ1) is 10.0. The summed E-state index contributed by atoms with van der Waals surface area (Å²) in [7, 11) is 1.58. The van der Waals surface area contributed by atoms with Gasteiger partial charge < -0.3 is 20.0 Å². The van der Waals surface area contributed by atoms with Crippen LogP contribution in [-0.4, -0.2) is 18.8 Å². The molecule has 1 aromatic heterocycles. The third-order valence-corrected chi connectivity index (χ3v) is 2.30. The number of nitrogens with two attached hydrogens (primary N) is 1. The zero-order valence-corrected chi connectivity index (χ0v) is 8.43. The van der Waals surface area contributed by atoms with Crippen molar-refractivity contribution in [3.05, 3.63) is 30.0 Å². The smallest absolute Gasteiger partial charge is 0.176 e. The van der Waals surface area contributed by atoms with Gasteiger partial charge in [0.2, 0.25) is 0 Å². The van der Waals surface area contributed by atoms with E-state index in [1.807, 2.05) is 18.2 Å². The van der Waals surface area contributed by atoms with Crippen molar-refractivity contribution >= 4 is 11.0 Å². The minimum Gasteiger partial charge on any atom is -0.493 e. The first-order chi connectivity index (χ1) is 7.26. The first-order valence-corrected chi connectivity index (χ1v) is 4.71. The van der Waals surface area contributed by atoms with Gasteiger partial charge in [0.05, 0.1) is 7.11 Å². The van der Waals surface area contributed by atoms with Crippen LogP contribution in [0.1, 0.15) is 11.9 Å². The highest BCUT2D eigenvalue weighted by molar-refractivity contribution is 5.83. The molecule has 1 unspecified atom stereocenters. The fourth-order valence-electron chi connectivity index (χ4n) is 1.50. The Morgan fingerprint density at radius 3 is 3.00 bits per heavy atom. The van der Waals surface area contributed by atoms with Crippen molar-refractivity contribution in [1.29, 1.82) is 0 Å². The maximum Gasteiger partial charge on any atom is 0.176 e.